The second-order valence-corrected chi connectivity index (χ2v) is 7.60. The minimum atomic E-state index is 0.347. The normalized spacial score (nSPS) is 15.5. The van der Waals surface area contributed by atoms with Crippen LogP contribution in [0.3, 0.4) is 0 Å². The molecular weight excluding hydrogens is 378 g/mol. The lowest BCUT2D eigenvalue weighted by Crippen LogP contribution is -2.47. The number of aromatic nitrogens is 2. The molecule has 2 aromatic rings. The van der Waals surface area contributed by atoms with E-state index < -0.39 is 0 Å². The van der Waals surface area contributed by atoms with E-state index in [1.54, 1.807) is 7.11 Å². The van der Waals surface area contributed by atoms with Gasteiger partial charge in [0.05, 0.1) is 19.2 Å². The Morgan fingerprint density at radius 2 is 2.03 bits per heavy atom. The average molecular weight is 414 g/mol. The first-order chi connectivity index (χ1) is 14.8. The Kier molecular flexibility index (Phi) is 9.18. The first-order valence-electron chi connectivity index (χ1n) is 11.0. The van der Waals surface area contributed by atoms with Crippen molar-refractivity contribution in [1.29, 1.82) is 0 Å². The first kappa shape index (κ1) is 22.3. The van der Waals surface area contributed by atoms with Gasteiger partial charge < -0.3 is 19.7 Å². The fraction of sp³-hybridized carbons (Fsp3) is 0.565. The van der Waals surface area contributed by atoms with E-state index in [1.165, 1.54) is 11.1 Å². The van der Waals surface area contributed by atoms with Crippen LogP contribution in [0.25, 0.3) is 0 Å². The number of likely N-dealkylation sites (tertiary alicyclic amines) is 1. The molecule has 0 saturated carbocycles. The van der Waals surface area contributed by atoms with Gasteiger partial charge in [-0.25, -0.2) is 4.99 Å². The van der Waals surface area contributed by atoms with E-state index in [0.717, 1.165) is 64.6 Å². The SMILES string of the molecule is CCNC(=NCc1cccc(Cn2cccn2)c1)N1CCC(OCCCOC)CC1. The van der Waals surface area contributed by atoms with Gasteiger partial charge in [0, 0.05) is 52.4 Å². The number of benzene rings is 1. The van der Waals surface area contributed by atoms with E-state index in [-0.39, 0.29) is 0 Å². The van der Waals surface area contributed by atoms with Crippen molar-refractivity contribution < 1.29 is 9.47 Å². The van der Waals surface area contributed by atoms with Crippen LogP contribution in [0, 0.1) is 0 Å². The van der Waals surface area contributed by atoms with Crippen molar-refractivity contribution in [3.8, 4) is 0 Å². The van der Waals surface area contributed by atoms with E-state index in [2.05, 4.69) is 46.5 Å². The number of hydrogen-bond donors (Lipinski definition) is 1. The standard InChI is InChI=1S/C23H35N5O2/c1-3-24-23(27-13-9-22(10-14-27)30-16-6-15-29-2)25-18-20-7-4-8-21(17-20)19-28-12-5-11-26-28/h4-5,7-8,11-12,17,22H,3,6,9-10,13-16,18-19H2,1-2H3,(H,24,25). The van der Waals surface area contributed by atoms with E-state index >= 15 is 0 Å². The van der Waals surface area contributed by atoms with Crippen molar-refractivity contribution in [3.63, 3.8) is 0 Å². The summed E-state index contributed by atoms with van der Waals surface area (Å²) in [6, 6.07) is 10.5. The highest BCUT2D eigenvalue weighted by Crippen LogP contribution is 2.15. The molecule has 1 aromatic carbocycles. The van der Waals surface area contributed by atoms with Crippen LogP contribution in [0.4, 0.5) is 0 Å². The van der Waals surface area contributed by atoms with Gasteiger partial charge in [-0.2, -0.15) is 5.10 Å². The molecule has 30 heavy (non-hydrogen) atoms. The second kappa shape index (κ2) is 12.3. The number of guanidine groups is 1. The van der Waals surface area contributed by atoms with Crippen molar-refractivity contribution in [1.82, 2.24) is 20.0 Å². The van der Waals surface area contributed by atoms with Gasteiger partial charge in [-0.3, -0.25) is 4.68 Å². The molecule has 0 unspecified atom stereocenters. The topological polar surface area (TPSA) is 63.9 Å². The van der Waals surface area contributed by atoms with Crippen LogP contribution < -0.4 is 5.32 Å². The maximum atomic E-state index is 5.98. The molecule has 1 aromatic heterocycles. The van der Waals surface area contributed by atoms with E-state index in [9.17, 15) is 0 Å². The van der Waals surface area contributed by atoms with Gasteiger partial charge in [-0.05, 0) is 43.4 Å². The summed E-state index contributed by atoms with van der Waals surface area (Å²) in [5.74, 6) is 0.993. The molecule has 7 nitrogen and oxygen atoms in total. The van der Waals surface area contributed by atoms with Crippen LogP contribution in [-0.2, 0) is 22.6 Å². The molecule has 0 spiro atoms. The van der Waals surface area contributed by atoms with Crippen molar-refractivity contribution in [2.45, 2.75) is 45.4 Å². The summed E-state index contributed by atoms with van der Waals surface area (Å²) in [6.07, 6.45) is 7.18. The molecule has 164 valence electrons. The largest absolute Gasteiger partial charge is 0.385 e. The Bertz CT molecular complexity index is 755. The van der Waals surface area contributed by atoms with Crippen molar-refractivity contribution in [2.24, 2.45) is 4.99 Å². The zero-order valence-electron chi connectivity index (χ0n) is 18.3. The fourth-order valence-corrected chi connectivity index (χ4v) is 3.69. The number of aliphatic imine (C=N–C) groups is 1. The molecule has 0 atom stereocenters. The Balaban J connectivity index is 1.52. The number of nitrogens with one attached hydrogen (secondary N) is 1. The number of nitrogens with zero attached hydrogens (tertiary/aromatic N) is 4. The minimum absolute atomic E-state index is 0.347. The van der Waals surface area contributed by atoms with Crippen molar-refractivity contribution in [3.05, 3.63) is 53.9 Å². The highest BCUT2D eigenvalue weighted by molar-refractivity contribution is 5.80. The maximum Gasteiger partial charge on any atom is 0.194 e. The lowest BCUT2D eigenvalue weighted by Gasteiger charge is -2.34. The van der Waals surface area contributed by atoms with Crippen molar-refractivity contribution in [2.75, 3.05) is 40.0 Å². The van der Waals surface area contributed by atoms with Crippen molar-refractivity contribution >= 4 is 5.96 Å². The molecule has 1 aliphatic rings. The summed E-state index contributed by atoms with van der Waals surface area (Å²) < 4.78 is 13.0. The predicted octanol–water partition coefficient (Wildman–Crippen LogP) is 2.91. The molecule has 0 amide bonds. The van der Waals surface area contributed by atoms with Crippen LogP contribution in [0.5, 0.6) is 0 Å². The molecule has 2 heterocycles. The number of piperidine rings is 1. The van der Waals surface area contributed by atoms with E-state index in [4.69, 9.17) is 14.5 Å². The zero-order chi connectivity index (χ0) is 21.0. The van der Waals surface area contributed by atoms with E-state index in [1.807, 2.05) is 23.1 Å². The molecule has 1 fully saturated rings. The Labute approximate surface area is 180 Å². The van der Waals surface area contributed by atoms with Crippen LogP contribution in [-0.4, -0.2) is 66.7 Å². The second-order valence-electron chi connectivity index (χ2n) is 7.60. The zero-order valence-corrected chi connectivity index (χ0v) is 18.3. The monoisotopic (exact) mass is 413 g/mol. The summed E-state index contributed by atoms with van der Waals surface area (Å²) in [6.45, 7) is 7.92. The van der Waals surface area contributed by atoms with Gasteiger partial charge >= 0.3 is 0 Å². The number of hydrogen-bond acceptors (Lipinski definition) is 4. The Hall–Kier alpha value is -2.38. The lowest BCUT2D eigenvalue weighted by molar-refractivity contribution is 0.00990. The summed E-state index contributed by atoms with van der Waals surface area (Å²) in [7, 11) is 1.73. The van der Waals surface area contributed by atoms with Crippen LogP contribution in [0.2, 0.25) is 0 Å². The molecule has 0 bridgehead atoms. The third kappa shape index (κ3) is 7.15. The summed E-state index contributed by atoms with van der Waals surface area (Å²) in [4.78, 5) is 7.26. The fourth-order valence-electron chi connectivity index (χ4n) is 3.69. The molecule has 1 N–H and O–H groups in total. The molecule has 1 aliphatic heterocycles. The van der Waals surface area contributed by atoms with E-state index in [0.29, 0.717) is 12.6 Å². The quantitative estimate of drug-likeness (QED) is 0.369. The number of rotatable bonds is 10. The Morgan fingerprint density at radius 1 is 1.20 bits per heavy atom. The van der Waals surface area contributed by atoms with Gasteiger partial charge in [0.1, 0.15) is 0 Å². The van der Waals surface area contributed by atoms with Gasteiger partial charge in [0.15, 0.2) is 5.96 Å². The molecule has 1 saturated heterocycles. The van der Waals surface area contributed by atoms with Gasteiger partial charge in [0.2, 0.25) is 0 Å². The first-order valence-corrected chi connectivity index (χ1v) is 11.0. The summed E-state index contributed by atoms with van der Waals surface area (Å²) in [5.41, 5.74) is 2.45. The van der Waals surface area contributed by atoms with Gasteiger partial charge in [0.25, 0.3) is 0 Å². The molecule has 0 radical (unpaired) electrons. The summed E-state index contributed by atoms with van der Waals surface area (Å²) >= 11 is 0. The molecule has 0 aliphatic carbocycles. The van der Waals surface area contributed by atoms with Crippen LogP contribution in [0.15, 0.2) is 47.7 Å². The maximum absolute atomic E-state index is 5.98. The lowest BCUT2D eigenvalue weighted by atomic mass is 10.1. The third-order valence-corrected chi connectivity index (χ3v) is 5.23. The van der Waals surface area contributed by atoms with Gasteiger partial charge in [-0.15, -0.1) is 0 Å². The Morgan fingerprint density at radius 3 is 2.77 bits per heavy atom. The minimum Gasteiger partial charge on any atom is -0.385 e. The smallest absolute Gasteiger partial charge is 0.194 e. The molecule has 3 rings (SSSR count). The number of ether oxygens (including phenoxy) is 2. The molecule has 7 heteroatoms. The van der Waals surface area contributed by atoms with Crippen LogP contribution >= 0.6 is 0 Å². The highest BCUT2D eigenvalue weighted by atomic mass is 16.5. The van der Waals surface area contributed by atoms with Crippen LogP contribution in [0.1, 0.15) is 37.3 Å². The third-order valence-electron chi connectivity index (χ3n) is 5.23. The number of methoxy groups -OCH3 is 1. The molecular formula is C23H35N5O2. The summed E-state index contributed by atoms with van der Waals surface area (Å²) in [5, 5.41) is 7.74. The predicted molar refractivity (Wildman–Crippen MR) is 120 cm³/mol. The highest BCUT2D eigenvalue weighted by Gasteiger charge is 2.21. The van der Waals surface area contributed by atoms with Gasteiger partial charge in [-0.1, -0.05) is 24.3 Å². The average Bonchev–Trinajstić information content (AvgIpc) is 3.28.